The fourth-order valence-electron chi connectivity index (χ4n) is 4.54. The zero-order valence-electron chi connectivity index (χ0n) is 19.9. The molecule has 0 aliphatic carbocycles. The predicted octanol–water partition coefficient (Wildman–Crippen LogP) is 5.11. The van der Waals surface area contributed by atoms with E-state index < -0.39 is 0 Å². The second-order valence-electron chi connectivity index (χ2n) is 8.62. The Labute approximate surface area is 202 Å². The van der Waals surface area contributed by atoms with Crippen molar-refractivity contribution in [3.63, 3.8) is 0 Å². The summed E-state index contributed by atoms with van der Waals surface area (Å²) in [5.74, 6) is 1.01. The van der Waals surface area contributed by atoms with E-state index in [9.17, 15) is 9.18 Å². The number of aromatic nitrogens is 3. The molecule has 0 fully saturated rings. The van der Waals surface area contributed by atoms with Gasteiger partial charge in [0.15, 0.2) is 11.5 Å². The lowest BCUT2D eigenvalue weighted by Gasteiger charge is -2.11. The molecule has 2 aromatic heterocycles. The summed E-state index contributed by atoms with van der Waals surface area (Å²) in [5, 5.41) is 0.917. The van der Waals surface area contributed by atoms with Gasteiger partial charge in [0.05, 0.1) is 26.1 Å². The molecule has 0 aliphatic rings. The molecule has 3 aromatic carbocycles. The maximum Gasteiger partial charge on any atom is 0.277 e. The molecule has 0 spiro atoms. The normalized spacial score (nSPS) is 11.3. The zero-order valence-corrected chi connectivity index (χ0v) is 19.9. The van der Waals surface area contributed by atoms with Crippen molar-refractivity contribution in [3.05, 3.63) is 99.9 Å². The topological polar surface area (TPSA) is 58.3 Å². The molecule has 0 aliphatic heterocycles. The summed E-state index contributed by atoms with van der Waals surface area (Å²) < 4.78 is 28.2. The van der Waals surface area contributed by atoms with Crippen LogP contribution in [0, 0.1) is 12.7 Å². The first kappa shape index (κ1) is 22.7. The van der Waals surface area contributed by atoms with Crippen LogP contribution in [0.3, 0.4) is 0 Å². The van der Waals surface area contributed by atoms with Crippen molar-refractivity contribution in [1.82, 2.24) is 14.1 Å². The molecule has 0 radical (unpaired) electrons. The number of ether oxygens (including phenoxy) is 2. The SMILES string of the molecule is COc1ccc(CCn2cnc3c4cc(C)ccc4n(Cc4cccc(F)c4)c3c2=O)cc1OC. The van der Waals surface area contributed by atoms with Crippen LogP contribution in [0.2, 0.25) is 0 Å². The van der Waals surface area contributed by atoms with Gasteiger partial charge in [0.2, 0.25) is 0 Å². The third kappa shape index (κ3) is 4.25. The van der Waals surface area contributed by atoms with Crippen molar-refractivity contribution in [2.75, 3.05) is 14.2 Å². The fourth-order valence-corrected chi connectivity index (χ4v) is 4.54. The highest BCUT2D eigenvalue weighted by molar-refractivity contribution is 6.05. The van der Waals surface area contributed by atoms with Gasteiger partial charge in [-0.05, 0) is 60.9 Å². The molecule has 0 atom stereocenters. The molecule has 35 heavy (non-hydrogen) atoms. The van der Waals surface area contributed by atoms with E-state index in [-0.39, 0.29) is 11.4 Å². The van der Waals surface area contributed by atoms with Crippen LogP contribution in [0.15, 0.2) is 71.8 Å². The smallest absolute Gasteiger partial charge is 0.277 e. The summed E-state index contributed by atoms with van der Waals surface area (Å²) in [7, 11) is 3.20. The lowest BCUT2D eigenvalue weighted by atomic mass is 10.1. The minimum atomic E-state index is -0.301. The van der Waals surface area contributed by atoms with E-state index in [0.717, 1.165) is 27.6 Å². The van der Waals surface area contributed by atoms with Crippen LogP contribution < -0.4 is 15.0 Å². The summed E-state index contributed by atoms with van der Waals surface area (Å²) in [6, 6.07) is 18.2. The van der Waals surface area contributed by atoms with Gasteiger partial charge in [-0.25, -0.2) is 9.37 Å². The first-order valence-electron chi connectivity index (χ1n) is 11.4. The monoisotopic (exact) mass is 471 g/mol. The molecule has 0 amide bonds. The van der Waals surface area contributed by atoms with Gasteiger partial charge in [0, 0.05) is 18.5 Å². The average Bonchev–Trinajstić information content (AvgIpc) is 3.16. The Balaban J connectivity index is 1.58. The molecule has 0 N–H and O–H groups in total. The van der Waals surface area contributed by atoms with Crippen LogP contribution in [0.1, 0.15) is 16.7 Å². The van der Waals surface area contributed by atoms with Crippen molar-refractivity contribution in [2.45, 2.75) is 26.4 Å². The molecule has 5 rings (SSSR count). The van der Waals surface area contributed by atoms with E-state index in [4.69, 9.17) is 9.47 Å². The van der Waals surface area contributed by atoms with Gasteiger partial charge >= 0.3 is 0 Å². The van der Waals surface area contributed by atoms with Crippen molar-refractivity contribution >= 4 is 21.9 Å². The minimum absolute atomic E-state index is 0.124. The fraction of sp³-hybridized carbons (Fsp3) is 0.214. The highest BCUT2D eigenvalue weighted by Gasteiger charge is 2.17. The number of methoxy groups -OCH3 is 2. The molecular formula is C28H26FN3O3. The van der Waals surface area contributed by atoms with Crippen LogP contribution in [-0.4, -0.2) is 28.3 Å². The molecule has 5 aromatic rings. The Kier molecular flexibility index (Phi) is 5.99. The molecule has 0 bridgehead atoms. The number of hydrogen-bond acceptors (Lipinski definition) is 4. The van der Waals surface area contributed by atoms with E-state index in [1.165, 1.54) is 12.1 Å². The summed E-state index contributed by atoms with van der Waals surface area (Å²) in [5.41, 5.74) is 4.84. The molecule has 7 heteroatoms. The van der Waals surface area contributed by atoms with Crippen molar-refractivity contribution in [3.8, 4) is 11.5 Å². The first-order chi connectivity index (χ1) is 17.0. The highest BCUT2D eigenvalue weighted by atomic mass is 19.1. The van der Waals surface area contributed by atoms with Gasteiger partial charge in [-0.15, -0.1) is 0 Å². The minimum Gasteiger partial charge on any atom is -0.493 e. The Morgan fingerprint density at radius 3 is 2.54 bits per heavy atom. The number of fused-ring (bicyclic) bond motifs is 3. The number of nitrogens with zero attached hydrogens (tertiary/aromatic N) is 3. The summed E-state index contributed by atoms with van der Waals surface area (Å²) in [6.45, 7) is 2.84. The maximum atomic E-state index is 13.9. The molecule has 178 valence electrons. The van der Waals surface area contributed by atoms with Crippen LogP contribution >= 0.6 is 0 Å². The van der Waals surface area contributed by atoms with Gasteiger partial charge in [0.1, 0.15) is 16.9 Å². The highest BCUT2D eigenvalue weighted by Crippen LogP contribution is 2.29. The molecule has 6 nitrogen and oxygen atoms in total. The van der Waals surface area contributed by atoms with Gasteiger partial charge in [0.25, 0.3) is 5.56 Å². The van der Waals surface area contributed by atoms with Crippen LogP contribution in [-0.2, 0) is 19.5 Å². The second kappa shape index (κ2) is 9.25. The van der Waals surface area contributed by atoms with E-state index in [1.54, 1.807) is 31.2 Å². The largest absolute Gasteiger partial charge is 0.493 e. The molecule has 2 heterocycles. The Morgan fingerprint density at radius 2 is 1.77 bits per heavy atom. The standard InChI is InChI=1S/C28H26FN3O3/c1-18-7-9-23-22(13-18)26-27(32(23)16-20-5-4-6-21(29)14-20)28(33)31(17-30-26)12-11-19-8-10-24(34-2)25(15-19)35-3/h4-10,13-15,17H,11-12,16H2,1-3H3. The molecule has 0 unspecified atom stereocenters. The first-order valence-corrected chi connectivity index (χ1v) is 11.4. The lowest BCUT2D eigenvalue weighted by molar-refractivity contribution is 0.354. The third-order valence-corrected chi connectivity index (χ3v) is 6.30. The quantitative estimate of drug-likeness (QED) is 0.331. The van der Waals surface area contributed by atoms with Gasteiger partial charge < -0.3 is 14.0 Å². The summed E-state index contributed by atoms with van der Waals surface area (Å²) in [4.78, 5) is 18.4. The van der Waals surface area contributed by atoms with Crippen molar-refractivity contribution in [2.24, 2.45) is 0 Å². The van der Waals surface area contributed by atoms with E-state index in [0.29, 0.717) is 42.0 Å². The van der Waals surface area contributed by atoms with Gasteiger partial charge in [-0.3, -0.25) is 9.36 Å². The van der Waals surface area contributed by atoms with Crippen LogP contribution in [0.25, 0.3) is 21.9 Å². The maximum absolute atomic E-state index is 13.9. The van der Waals surface area contributed by atoms with E-state index in [2.05, 4.69) is 4.98 Å². The second-order valence-corrected chi connectivity index (χ2v) is 8.62. The van der Waals surface area contributed by atoms with Crippen LogP contribution in [0.5, 0.6) is 11.5 Å². The predicted molar refractivity (Wildman–Crippen MR) is 135 cm³/mol. The van der Waals surface area contributed by atoms with Crippen molar-refractivity contribution < 1.29 is 13.9 Å². The van der Waals surface area contributed by atoms with E-state index in [1.807, 2.05) is 54.0 Å². The molecular weight excluding hydrogens is 445 g/mol. The summed E-state index contributed by atoms with van der Waals surface area (Å²) >= 11 is 0. The van der Waals surface area contributed by atoms with Crippen molar-refractivity contribution in [1.29, 1.82) is 0 Å². The number of hydrogen-bond donors (Lipinski definition) is 0. The number of halogens is 1. The molecule has 0 saturated carbocycles. The number of benzene rings is 3. The van der Waals surface area contributed by atoms with Crippen LogP contribution in [0.4, 0.5) is 4.39 Å². The Morgan fingerprint density at radius 1 is 0.943 bits per heavy atom. The summed E-state index contributed by atoms with van der Waals surface area (Å²) in [6.07, 6.45) is 2.23. The zero-order chi connectivity index (χ0) is 24.5. The van der Waals surface area contributed by atoms with E-state index >= 15 is 0 Å². The number of rotatable bonds is 7. The number of aryl methyl sites for hydroxylation is 3. The molecule has 0 saturated heterocycles. The van der Waals surface area contributed by atoms with Gasteiger partial charge in [-0.1, -0.05) is 29.8 Å². The van der Waals surface area contributed by atoms with Gasteiger partial charge in [-0.2, -0.15) is 0 Å². The average molecular weight is 472 g/mol. The Hall–Kier alpha value is -4.13. The third-order valence-electron chi connectivity index (χ3n) is 6.30. The Bertz CT molecular complexity index is 1600. The lowest BCUT2D eigenvalue weighted by Crippen LogP contribution is -2.23.